The SMILES string of the molecule is CCOc1ccccc1N=Cc1c(O)[nH]c2cc(C)ccc12. The van der Waals surface area contributed by atoms with Crippen LogP contribution in [-0.2, 0) is 0 Å². The van der Waals surface area contributed by atoms with E-state index in [0.29, 0.717) is 12.2 Å². The summed E-state index contributed by atoms with van der Waals surface area (Å²) in [5.41, 5.74) is 3.46. The average molecular weight is 294 g/mol. The maximum atomic E-state index is 10.1. The fourth-order valence-corrected chi connectivity index (χ4v) is 2.42. The number of nitrogens with one attached hydrogen (secondary N) is 1. The van der Waals surface area contributed by atoms with Gasteiger partial charge in [0.2, 0.25) is 0 Å². The van der Waals surface area contributed by atoms with Gasteiger partial charge in [0, 0.05) is 17.1 Å². The smallest absolute Gasteiger partial charge is 0.198 e. The predicted octanol–water partition coefficient (Wildman–Crippen LogP) is 4.33. The van der Waals surface area contributed by atoms with Gasteiger partial charge in [0.25, 0.3) is 0 Å². The summed E-state index contributed by atoms with van der Waals surface area (Å²) in [6.45, 7) is 4.54. The minimum Gasteiger partial charge on any atom is -0.494 e. The summed E-state index contributed by atoms with van der Waals surface area (Å²) < 4.78 is 5.56. The number of fused-ring (bicyclic) bond motifs is 1. The van der Waals surface area contributed by atoms with Gasteiger partial charge in [-0.05, 0) is 37.6 Å². The Labute approximate surface area is 129 Å². The van der Waals surface area contributed by atoms with Crippen molar-refractivity contribution >= 4 is 22.8 Å². The third kappa shape index (κ3) is 2.68. The van der Waals surface area contributed by atoms with E-state index in [1.54, 1.807) is 6.21 Å². The fourth-order valence-electron chi connectivity index (χ4n) is 2.42. The summed E-state index contributed by atoms with van der Waals surface area (Å²) in [5.74, 6) is 0.856. The molecule has 0 fully saturated rings. The van der Waals surface area contributed by atoms with Crippen LogP contribution in [-0.4, -0.2) is 22.9 Å². The minimum absolute atomic E-state index is 0.123. The molecule has 112 valence electrons. The number of aromatic nitrogens is 1. The molecular weight excluding hydrogens is 276 g/mol. The molecule has 0 radical (unpaired) electrons. The fraction of sp³-hybridized carbons (Fsp3) is 0.167. The van der Waals surface area contributed by atoms with Gasteiger partial charge in [-0.2, -0.15) is 0 Å². The lowest BCUT2D eigenvalue weighted by Crippen LogP contribution is -1.91. The van der Waals surface area contributed by atoms with Crippen molar-refractivity contribution in [3.8, 4) is 11.6 Å². The highest BCUT2D eigenvalue weighted by Gasteiger charge is 2.09. The quantitative estimate of drug-likeness (QED) is 0.704. The first-order valence-electron chi connectivity index (χ1n) is 7.26. The van der Waals surface area contributed by atoms with Gasteiger partial charge in [0.1, 0.15) is 11.4 Å². The van der Waals surface area contributed by atoms with Gasteiger partial charge < -0.3 is 14.8 Å². The number of nitrogens with zero attached hydrogens (tertiary/aromatic N) is 1. The van der Waals surface area contributed by atoms with E-state index in [1.165, 1.54) is 0 Å². The van der Waals surface area contributed by atoms with Gasteiger partial charge in [0.05, 0.1) is 12.2 Å². The van der Waals surface area contributed by atoms with Crippen molar-refractivity contribution in [1.82, 2.24) is 4.98 Å². The summed E-state index contributed by atoms with van der Waals surface area (Å²) in [6.07, 6.45) is 1.67. The first-order valence-corrected chi connectivity index (χ1v) is 7.26. The number of benzene rings is 2. The normalized spacial score (nSPS) is 11.4. The Hall–Kier alpha value is -2.75. The number of para-hydroxylation sites is 2. The van der Waals surface area contributed by atoms with Gasteiger partial charge in [0.15, 0.2) is 5.88 Å². The van der Waals surface area contributed by atoms with E-state index in [2.05, 4.69) is 9.98 Å². The van der Waals surface area contributed by atoms with Crippen molar-refractivity contribution in [3.63, 3.8) is 0 Å². The molecule has 0 amide bonds. The van der Waals surface area contributed by atoms with Crippen LogP contribution in [0.1, 0.15) is 18.1 Å². The number of aromatic hydroxyl groups is 1. The van der Waals surface area contributed by atoms with Gasteiger partial charge in [-0.25, -0.2) is 0 Å². The predicted molar refractivity (Wildman–Crippen MR) is 89.6 cm³/mol. The summed E-state index contributed by atoms with van der Waals surface area (Å²) in [7, 11) is 0. The van der Waals surface area contributed by atoms with E-state index in [0.717, 1.165) is 27.9 Å². The Balaban J connectivity index is 2.01. The third-order valence-corrected chi connectivity index (χ3v) is 3.47. The van der Waals surface area contributed by atoms with Crippen LogP contribution in [0.25, 0.3) is 10.9 Å². The highest BCUT2D eigenvalue weighted by atomic mass is 16.5. The number of hydrogen-bond donors (Lipinski definition) is 2. The molecule has 0 saturated carbocycles. The first kappa shape index (κ1) is 14.2. The van der Waals surface area contributed by atoms with Crippen LogP contribution >= 0.6 is 0 Å². The first-order chi connectivity index (χ1) is 10.7. The van der Waals surface area contributed by atoms with Gasteiger partial charge in [-0.3, -0.25) is 4.99 Å². The summed E-state index contributed by atoms with van der Waals surface area (Å²) >= 11 is 0. The molecule has 0 saturated heterocycles. The van der Waals surface area contributed by atoms with E-state index in [9.17, 15) is 5.11 Å². The van der Waals surface area contributed by atoms with Crippen LogP contribution < -0.4 is 4.74 Å². The maximum absolute atomic E-state index is 10.1. The summed E-state index contributed by atoms with van der Waals surface area (Å²) in [4.78, 5) is 7.45. The molecule has 0 aliphatic heterocycles. The van der Waals surface area contributed by atoms with Crippen molar-refractivity contribution in [1.29, 1.82) is 0 Å². The Morgan fingerprint density at radius 2 is 2.05 bits per heavy atom. The molecule has 0 unspecified atom stereocenters. The number of aliphatic imine (C=N–C) groups is 1. The van der Waals surface area contributed by atoms with Gasteiger partial charge >= 0.3 is 0 Å². The number of hydrogen-bond acceptors (Lipinski definition) is 3. The van der Waals surface area contributed by atoms with Crippen LogP contribution in [0.4, 0.5) is 5.69 Å². The van der Waals surface area contributed by atoms with E-state index < -0.39 is 0 Å². The largest absolute Gasteiger partial charge is 0.494 e. The third-order valence-electron chi connectivity index (χ3n) is 3.47. The maximum Gasteiger partial charge on any atom is 0.198 e. The van der Waals surface area contributed by atoms with Crippen LogP contribution in [0.5, 0.6) is 11.6 Å². The Kier molecular flexibility index (Phi) is 3.83. The minimum atomic E-state index is 0.123. The highest BCUT2D eigenvalue weighted by Crippen LogP contribution is 2.30. The lowest BCUT2D eigenvalue weighted by molar-refractivity contribution is 0.341. The molecule has 0 aliphatic rings. The molecule has 22 heavy (non-hydrogen) atoms. The zero-order valence-electron chi connectivity index (χ0n) is 12.6. The molecule has 4 heteroatoms. The lowest BCUT2D eigenvalue weighted by atomic mass is 10.1. The number of aromatic amines is 1. The molecular formula is C18H18N2O2. The van der Waals surface area contributed by atoms with Crippen LogP contribution in [0.15, 0.2) is 47.5 Å². The molecule has 1 heterocycles. The van der Waals surface area contributed by atoms with Crippen molar-refractivity contribution in [2.45, 2.75) is 13.8 Å². The second-order valence-electron chi connectivity index (χ2n) is 5.10. The molecule has 4 nitrogen and oxygen atoms in total. The van der Waals surface area contributed by atoms with E-state index in [-0.39, 0.29) is 5.88 Å². The van der Waals surface area contributed by atoms with Crippen LogP contribution in [0.3, 0.4) is 0 Å². The number of rotatable bonds is 4. The molecule has 3 rings (SSSR count). The van der Waals surface area contributed by atoms with Crippen LogP contribution in [0.2, 0.25) is 0 Å². The van der Waals surface area contributed by atoms with E-state index in [1.807, 2.05) is 56.3 Å². The van der Waals surface area contributed by atoms with Crippen molar-refractivity contribution in [3.05, 3.63) is 53.6 Å². The highest BCUT2D eigenvalue weighted by molar-refractivity contribution is 6.02. The number of aryl methyl sites for hydroxylation is 1. The molecule has 0 spiro atoms. The van der Waals surface area contributed by atoms with E-state index >= 15 is 0 Å². The Morgan fingerprint density at radius 1 is 1.23 bits per heavy atom. The Bertz CT molecular complexity index is 834. The zero-order valence-corrected chi connectivity index (χ0v) is 12.6. The monoisotopic (exact) mass is 294 g/mol. The molecule has 2 aromatic carbocycles. The lowest BCUT2D eigenvalue weighted by Gasteiger charge is -2.05. The molecule has 0 bridgehead atoms. The standard InChI is InChI=1S/C18H18N2O2/c1-3-22-17-7-5-4-6-15(17)19-11-14-13-9-8-12(2)10-16(13)20-18(14)21/h4-11,20-21H,3H2,1-2H3. The van der Waals surface area contributed by atoms with E-state index in [4.69, 9.17) is 4.74 Å². The zero-order chi connectivity index (χ0) is 15.5. The summed E-state index contributed by atoms with van der Waals surface area (Å²) in [5, 5.41) is 11.0. The van der Waals surface area contributed by atoms with Gasteiger partial charge in [-0.15, -0.1) is 0 Å². The van der Waals surface area contributed by atoms with Crippen molar-refractivity contribution in [2.75, 3.05) is 6.61 Å². The molecule has 3 aromatic rings. The molecule has 0 atom stereocenters. The van der Waals surface area contributed by atoms with Crippen molar-refractivity contribution < 1.29 is 9.84 Å². The second-order valence-corrected chi connectivity index (χ2v) is 5.10. The summed E-state index contributed by atoms with van der Waals surface area (Å²) in [6, 6.07) is 13.6. The molecule has 0 aliphatic carbocycles. The van der Waals surface area contributed by atoms with Crippen molar-refractivity contribution in [2.24, 2.45) is 4.99 Å². The molecule has 2 N–H and O–H groups in total. The topological polar surface area (TPSA) is 57.6 Å². The number of H-pyrrole nitrogens is 1. The molecule has 1 aromatic heterocycles. The van der Waals surface area contributed by atoms with Crippen LogP contribution in [0, 0.1) is 6.92 Å². The Morgan fingerprint density at radius 3 is 2.86 bits per heavy atom. The number of ether oxygens (including phenoxy) is 1. The van der Waals surface area contributed by atoms with Gasteiger partial charge in [-0.1, -0.05) is 24.3 Å². The second kappa shape index (κ2) is 5.93. The average Bonchev–Trinajstić information content (AvgIpc) is 2.81.